The summed E-state index contributed by atoms with van der Waals surface area (Å²) in [5.41, 5.74) is 0.282. The van der Waals surface area contributed by atoms with Crippen LogP contribution in [0.25, 0.3) is 0 Å². The lowest BCUT2D eigenvalue weighted by atomic mass is 10.1. The van der Waals surface area contributed by atoms with E-state index >= 15 is 0 Å². The highest BCUT2D eigenvalue weighted by atomic mass is 79.9. The van der Waals surface area contributed by atoms with Crippen LogP contribution in [0, 0.1) is 0 Å². The van der Waals surface area contributed by atoms with Crippen molar-refractivity contribution in [3.05, 3.63) is 23.8 Å². The first-order chi connectivity index (χ1) is 7.19. The van der Waals surface area contributed by atoms with Gasteiger partial charge < -0.3 is 9.84 Å². The fourth-order valence-electron chi connectivity index (χ4n) is 1.07. The quantitative estimate of drug-likeness (QED) is 0.670. The topological polar surface area (TPSA) is 46.5 Å². The zero-order valence-electron chi connectivity index (χ0n) is 7.87. The molecule has 0 amide bonds. The Morgan fingerprint density at radius 3 is 2.80 bits per heavy atom. The van der Waals surface area contributed by atoms with Crippen molar-refractivity contribution in [1.29, 1.82) is 0 Å². The number of benzene rings is 1. The van der Waals surface area contributed by atoms with E-state index in [4.69, 9.17) is 16.3 Å². The molecule has 3 nitrogen and oxygen atoms in total. The lowest BCUT2D eigenvalue weighted by molar-refractivity contribution is 0.102. The first-order valence-corrected chi connectivity index (χ1v) is 5.95. The lowest BCUT2D eigenvalue weighted by Gasteiger charge is -2.06. The Kier molecular flexibility index (Phi) is 4.91. The summed E-state index contributed by atoms with van der Waals surface area (Å²) in [5.74, 6) is 0.630. The highest BCUT2D eigenvalue weighted by Gasteiger charge is 2.10. The number of aromatic hydroxyl groups is 1. The summed E-state index contributed by atoms with van der Waals surface area (Å²) in [6, 6.07) is 4.56. The zero-order chi connectivity index (χ0) is 11.3. The van der Waals surface area contributed by atoms with Crippen LogP contribution in [-0.2, 0) is 0 Å². The summed E-state index contributed by atoms with van der Waals surface area (Å²) in [7, 11) is 0. The number of Topliss-reactive ketones (excluding diaryl/α,β-unsaturated/α-hetero) is 1. The van der Waals surface area contributed by atoms with Gasteiger partial charge in [0.25, 0.3) is 0 Å². The second-order valence-corrected chi connectivity index (χ2v) is 3.71. The number of ketones is 1. The van der Waals surface area contributed by atoms with E-state index in [1.807, 2.05) is 0 Å². The number of carbonyl (C=O) groups is 1. The van der Waals surface area contributed by atoms with Gasteiger partial charge in [-0.05, 0) is 12.1 Å². The van der Waals surface area contributed by atoms with Gasteiger partial charge in [-0.3, -0.25) is 4.79 Å². The highest BCUT2D eigenvalue weighted by molar-refractivity contribution is 9.09. The van der Waals surface area contributed by atoms with Crippen LogP contribution in [0.1, 0.15) is 10.4 Å². The molecule has 0 radical (unpaired) electrons. The molecule has 1 aromatic carbocycles. The summed E-state index contributed by atoms with van der Waals surface area (Å²) in [5, 5.41) is 9.72. The van der Waals surface area contributed by atoms with Crippen molar-refractivity contribution in [1.82, 2.24) is 0 Å². The van der Waals surface area contributed by atoms with Crippen LogP contribution >= 0.6 is 27.5 Å². The predicted molar refractivity (Wildman–Crippen MR) is 62.4 cm³/mol. The number of ether oxygens (including phenoxy) is 1. The van der Waals surface area contributed by atoms with Crippen LogP contribution < -0.4 is 4.74 Å². The average molecular weight is 294 g/mol. The molecule has 0 aliphatic rings. The zero-order valence-corrected chi connectivity index (χ0v) is 10.2. The average Bonchev–Trinajstić information content (AvgIpc) is 2.25. The number of phenols is 1. The van der Waals surface area contributed by atoms with Gasteiger partial charge in [-0.15, -0.1) is 11.6 Å². The van der Waals surface area contributed by atoms with Gasteiger partial charge >= 0.3 is 0 Å². The third-order valence-corrected chi connectivity index (χ3v) is 2.40. The van der Waals surface area contributed by atoms with Crippen LogP contribution in [0.5, 0.6) is 11.5 Å². The smallest absolute Gasteiger partial charge is 0.177 e. The largest absolute Gasteiger partial charge is 0.507 e. The molecule has 0 heterocycles. The minimum Gasteiger partial charge on any atom is -0.507 e. The number of phenolic OH excluding ortho intramolecular Hbond substituents is 1. The van der Waals surface area contributed by atoms with Gasteiger partial charge in [0, 0.05) is 6.07 Å². The standard InChI is InChI=1S/C10H10BrClO3/c11-6-10(14)8-2-1-7(5-9(8)13)15-4-3-12/h1-2,5,13H,3-4,6H2. The molecule has 0 bridgehead atoms. The van der Waals surface area contributed by atoms with Gasteiger partial charge in [0.2, 0.25) is 0 Å². The van der Waals surface area contributed by atoms with Crippen molar-refractivity contribution >= 4 is 33.3 Å². The number of carbonyl (C=O) groups excluding carboxylic acids is 1. The molecule has 5 heteroatoms. The maximum atomic E-state index is 11.3. The van der Waals surface area contributed by atoms with Crippen molar-refractivity contribution in [3.8, 4) is 11.5 Å². The van der Waals surface area contributed by atoms with Gasteiger partial charge in [-0.25, -0.2) is 0 Å². The van der Waals surface area contributed by atoms with Crippen molar-refractivity contribution in [2.75, 3.05) is 17.8 Å². The Hall–Kier alpha value is -0.740. The molecule has 1 rings (SSSR count). The third-order valence-electron chi connectivity index (χ3n) is 1.74. The highest BCUT2D eigenvalue weighted by Crippen LogP contribution is 2.24. The maximum absolute atomic E-state index is 11.3. The molecule has 1 N–H and O–H groups in total. The molecular formula is C10H10BrClO3. The van der Waals surface area contributed by atoms with E-state index in [-0.39, 0.29) is 22.4 Å². The summed E-state index contributed by atoms with van der Waals surface area (Å²) < 4.78 is 5.19. The van der Waals surface area contributed by atoms with Crippen molar-refractivity contribution in [2.24, 2.45) is 0 Å². The van der Waals surface area contributed by atoms with Gasteiger partial charge in [0.15, 0.2) is 5.78 Å². The number of hydrogen-bond donors (Lipinski definition) is 1. The van der Waals surface area contributed by atoms with Crippen LogP contribution in [0.3, 0.4) is 0 Å². The van der Waals surface area contributed by atoms with Crippen molar-refractivity contribution in [2.45, 2.75) is 0 Å². The van der Waals surface area contributed by atoms with Crippen LogP contribution in [-0.4, -0.2) is 28.7 Å². The molecule has 0 saturated carbocycles. The Bertz CT molecular complexity index is 355. The molecule has 0 unspecified atom stereocenters. The monoisotopic (exact) mass is 292 g/mol. The fraction of sp³-hybridized carbons (Fsp3) is 0.300. The first kappa shape index (κ1) is 12.3. The second-order valence-electron chi connectivity index (χ2n) is 2.77. The molecular weight excluding hydrogens is 283 g/mol. The summed E-state index contributed by atoms with van der Waals surface area (Å²) in [4.78, 5) is 11.3. The normalized spacial score (nSPS) is 10.0. The van der Waals surface area contributed by atoms with Crippen LogP contribution in [0.4, 0.5) is 0 Å². The number of rotatable bonds is 5. The van der Waals surface area contributed by atoms with E-state index in [1.54, 1.807) is 6.07 Å². The molecule has 0 aromatic heterocycles. The Balaban J connectivity index is 2.83. The minimum absolute atomic E-state index is 0.0773. The SMILES string of the molecule is O=C(CBr)c1ccc(OCCCl)cc1O. The molecule has 0 saturated heterocycles. The molecule has 0 atom stereocenters. The summed E-state index contributed by atoms with van der Waals surface area (Å²) >= 11 is 8.48. The first-order valence-electron chi connectivity index (χ1n) is 4.30. The van der Waals surface area contributed by atoms with E-state index in [2.05, 4.69) is 15.9 Å². The van der Waals surface area contributed by atoms with Gasteiger partial charge in [0.05, 0.1) is 16.8 Å². The summed E-state index contributed by atoms with van der Waals surface area (Å²) in [6.07, 6.45) is 0. The molecule has 0 fully saturated rings. The van der Waals surface area contributed by atoms with Crippen LogP contribution in [0.2, 0.25) is 0 Å². The third kappa shape index (κ3) is 3.39. The van der Waals surface area contributed by atoms with E-state index in [0.29, 0.717) is 18.2 Å². The second kappa shape index (κ2) is 5.98. The predicted octanol–water partition coefficient (Wildman–Crippen LogP) is 2.59. The minimum atomic E-state index is -0.170. The van der Waals surface area contributed by atoms with Crippen LogP contribution in [0.15, 0.2) is 18.2 Å². The number of hydrogen-bond acceptors (Lipinski definition) is 3. The lowest BCUT2D eigenvalue weighted by Crippen LogP contribution is -2.02. The molecule has 82 valence electrons. The van der Waals surface area contributed by atoms with E-state index < -0.39 is 0 Å². The van der Waals surface area contributed by atoms with Crippen molar-refractivity contribution < 1.29 is 14.6 Å². The number of alkyl halides is 2. The van der Waals surface area contributed by atoms with E-state index in [9.17, 15) is 9.90 Å². The van der Waals surface area contributed by atoms with Gasteiger partial charge in [-0.1, -0.05) is 15.9 Å². The fourth-order valence-corrected chi connectivity index (χ4v) is 1.44. The Morgan fingerprint density at radius 2 is 2.27 bits per heavy atom. The molecule has 0 spiro atoms. The van der Waals surface area contributed by atoms with Gasteiger partial charge in [0.1, 0.15) is 18.1 Å². The maximum Gasteiger partial charge on any atom is 0.177 e. The number of halogens is 2. The molecule has 0 aliphatic heterocycles. The Morgan fingerprint density at radius 1 is 1.53 bits per heavy atom. The Labute approximate surface area is 101 Å². The van der Waals surface area contributed by atoms with Crippen molar-refractivity contribution in [3.63, 3.8) is 0 Å². The molecule has 1 aromatic rings. The van der Waals surface area contributed by atoms with E-state index in [0.717, 1.165) is 0 Å². The molecule has 15 heavy (non-hydrogen) atoms. The molecule has 0 aliphatic carbocycles. The summed E-state index contributed by atoms with van der Waals surface area (Å²) in [6.45, 7) is 0.368. The van der Waals surface area contributed by atoms with Gasteiger partial charge in [-0.2, -0.15) is 0 Å². The van der Waals surface area contributed by atoms with E-state index in [1.165, 1.54) is 12.1 Å².